The first-order valence-electron chi connectivity index (χ1n) is 25.7. The van der Waals surface area contributed by atoms with Gasteiger partial charge in [-0.25, -0.2) is 4.98 Å². The van der Waals surface area contributed by atoms with Crippen molar-refractivity contribution in [3.63, 3.8) is 0 Å². The van der Waals surface area contributed by atoms with Crippen molar-refractivity contribution in [3.8, 4) is 22.8 Å². The average molecular weight is 888 g/mol. The second kappa shape index (κ2) is 21.8. The third-order valence-corrected chi connectivity index (χ3v) is 15.8. The van der Waals surface area contributed by atoms with Gasteiger partial charge in [0.05, 0.1) is 18.3 Å². The van der Waals surface area contributed by atoms with Gasteiger partial charge in [0.25, 0.3) is 0 Å². The molecule has 4 aliphatic heterocycles. The number of carbonyl (C=O) groups excluding carboxylic acids is 4. The Balaban J connectivity index is 0.737. The van der Waals surface area contributed by atoms with Gasteiger partial charge >= 0.3 is 0 Å². The maximum absolute atomic E-state index is 14.0. The number of anilines is 2. The molecule has 65 heavy (non-hydrogen) atoms. The molecule has 2 aliphatic carbocycles. The summed E-state index contributed by atoms with van der Waals surface area (Å²) >= 11 is 0. The van der Waals surface area contributed by atoms with Crippen molar-refractivity contribution >= 4 is 35.0 Å². The Morgan fingerprint density at radius 2 is 0.954 bits per heavy atom. The third kappa shape index (κ3) is 11.5. The number of benzene rings is 2. The Labute approximate surface area is 386 Å². The highest BCUT2D eigenvalue weighted by Gasteiger charge is 2.40. The lowest BCUT2D eigenvalue weighted by molar-refractivity contribution is -0.141. The largest absolute Gasteiger partial charge is 0.436 e. The first-order valence-corrected chi connectivity index (χ1v) is 25.7. The van der Waals surface area contributed by atoms with E-state index in [4.69, 9.17) is 4.42 Å². The van der Waals surface area contributed by atoms with Crippen LogP contribution in [0, 0.1) is 11.8 Å². The minimum absolute atomic E-state index is 0.0447. The van der Waals surface area contributed by atoms with E-state index in [1.54, 1.807) is 6.20 Å². The Bertz CT molecular complexity index is 1910. The average Bonchev–Trinajstić information content (AvgIpc) is 4.13. The molecule has 2 aromatic carbocycles. The highest BCUT2D eigenvalue weighted by Crippen LogP contribution is 2.33. The number of hydrogen-bond acceptors (Lipinski definition) is 8. The second-order valence-corrected chi connectivity index (χ2v) is 20.4. The smallest absolute Gasteiger partial charge is 0.240 e. The van der Waals surface area contributed by atoms with Gasteiger partial charge in [0.15, 0.2) is 5.76 Å². The van der Waals surface area contributed by atoms with E-state index in [1.807, 2.05) is 58.3 Å². The summed E-state index contributed by atoms with van der Waals surface area (Å²) in [5.41, 5.74) is 3.02. The Hall–Kier alpha value is -4.55. The van der Waals surface area contributed by atoms with Crippen molar-refractivity contribution in [1.29, 1.82) is 0 Å². The number of piperidine rings is 2. The summed E-state index contributed by atoms with van der Waals surface area (Å²) in [5.74, 6) is 2.81. The van der Waals surface area contributed by atoms with Crippen LogP contribution in [0.4, 0.5) is 11.4 Å². The van der Waals surface area contributed by atoms with Gasteiger partial charge in [0.1, 0.15) is 0 Å². The molecule has 9 rings (SSSR count). The van der Waals surface area contributed by atoms with Crippen LogP contribution in [0.15, 0.2) is 59.1 Å². The maximum Gasteiger partial charge on any atom is 0.240 e. The van der Waals surface area contributed by atoms with Crippen molar-refractivity contribution in [2.24, 2.45) is 11.8 Å². The number of likely N-dealkylation sites (tertiary alicyclic amines) is 4. The summed E-state index contributed by atoms with van der Waals surface area (Å²) in [4.78, 5) is 68.2. The standard InChI is InChI=1S/C53H73N7O5/c61-49(33-44-17-11-31-59(44)52(63)46-19-7-9-29-57(46)36-38-13-3-1-4-14-38)55-42-25-21-40(22-26-42)48-35-54-51(65-48)41-23-27-43(28-24-41)56-50(62)34-45-18-12-32-60(45)53(64)47-20-8-10-30-58(47)37-39-15-5-2-6-16-39/h21-28,35,38-39,44-47H,1-20,29-34,36-37H2,(H,55,61)(H,56,62)/t44-,45-,46?,47?/m0/s1. The lowest BCUT2D eigenvalue weighted by Gasteiger charge is -2.40. The molecule has 350 valence electrons. The zero-order valence-electron chi connectivity index (χ0n) is 38.7. The number of oxazole rings is 1. The fraction of sp³-hybridized carbons (Fsp3) is 0.642. The van der Waals surface area contributed by atoms with Crippen LogP contribution in [-0.4, -0.2) is 112 Å². The molecule has 6 aliphatic rings. The quantitative estimate of drug-likeness (QED) is 0.164. The van der Waals surface area contributed by atoms with Crippen molar-refractivity contribution in [3.05, 3.63) is 54.7 Å². The lowest BCUT2D eigenvalue weighted by Crippen LogP contribution is -2.53. The van der Waals surface area contributed by atoms with E-state index in [0.717, 1.165) is 102 Å². The van der Waals surface area contributed by atoms with E-state index in [9.17, 15) is 19.2 Å². The zero-order valence-corrected chi connectivity index (χ0v) is 38.7. The van der Waals surface area contributed by atoms with E-state index in [1.165, 1.54) is 77.0 Å². The van der Waals surface area contributed by atoms with Crippen molar-refractivity contribution in [2.75, 3.05) is 49.9 Å². The summed E-state index contributed by atoms with van der Waals surface area (Å²) in [6.45, 7) is 5.58. The van der Waals surface area contributed by atoms with Crippen LogP contribution in [0.5, 0.6) is 0 Å². The highest BCUT2D eigenvalue weighted by molar-refractivity contribution is 5.93. The molecular weight excluding hydrogens is 815 g/mol. The third-order valence-electron chi connectivity index (χ3n) is 15.8. The van der Waals surface area contributed by atoms with E-state index in [-0.39, 0.29) is 47.8 Å². The van der Waals surface area contributed by atoms with Gasteiger partial charge in [0, 0.05) is 73.6 Å². The van der Waals surface area contributed by atoms with Gasteiger partial charge in [-0.05, 0) is 151 Å². The number of nitrogens with zero attached hydrogens (tertiary/aromatic N) is 5. The van der Waals surface area contributed by atoms with Crippen LogP contribution in [0.2, 0.25) is 0 Å². The van der Waals surface area contributed by atoms with E-state index < -0.39 is 0 Å². The minimum atomic E-state index is -0.0789. The molecule has 2 saturated carbocycles. The molecule has 12 nitrogen and oxygen atoms in total. The van der Waals surface area contributed by atoms with Crippen LogP contribution in [0.3, 0.4) is 0 Å². The van der Waals surface area contributed by atoms with Crippen molar-refractivity contribution < 1.29 is 23.6 Å². The Morgan fingerprint density at radius 3 is 1.43 bits per heavy atom. The van der Waals surface area contributed by atoms with Crippen LogP contribution >= 0.6 is 0 Å². The van der Waals surface area contributed by atoms with E-state index in [2.05, 4.69) is 25.4 Å². The van der Waals surface area contributed by atoms with E-state index >= 15 is 0 Å². The molecule has 2 N–H and O–H groups in total. The van der Waals surface area contributed by atoms with Crippen molar-refractivity contribution in [1.82, 2.24) is 24.6 Å². The summed E-state index contributed by atoms with van der Waals surface area (Å²) < 4.78 is 6.18. The molecule has 0 bridgehead atoms. The fourth-order valence-corrected chi connectivity index (χ4v) is 12.2. The number of hydrogen-bond donors (Lipinski definition) is 2. The van der Waals surface area contributed by atoms with Crippen molar-refractivity contribution in [2.45, 2.75) is 165 Å². The normalized spacial score (nSPS) is 25.2. The molecule has 3 aromatic rings. The molecule has 12 heteroatoms. The van der Waals surface area contributed by atoms with Gasteiger partial charge in [0.2, 0.25) is 29.5 Å². The van der Waals surface area contributed by atoms with Crippen LogP contribution in [0.1, 0.15) is 141 Å². The first-order chi connectivity index (χ1) is 31.8. The molecule has 6 fully saturated rings. The first kappa shape index (κ1) is 45.6. The SMILES string of the molecule is O=C(C[C@@H]1CCCN1C(=O)C1CCCCN1CC1CCCCC1)Nc1ccc(-c2cnc(-c3ccc(NC(=O)C[C@@H]4CCCN4C(=O)C4CCCCN4CC4CCCCC4)cc3)o2)cc1. The number of nitrogens with one attached hydrogen (secondary N) is 2. The summed E-state index contributed by atoms with van der Waals surface area (Å²) in [6, 6.07) is 14.9. The molecule has 0 radical (unpaired) electrons. The Kier molecular flexibility index (Phi) is 15.3. The number of carbonyl (C=O) groups is 4. The fourth-order valence-electron chi connectivity index (χ4n) is 12.2. The highest BCUT2D eigenvalue weighted by atomic mass is 16.4. The molecule has 1 aromatic heterocycles. The summed E-state index contributed by atoms with van der Waals surface area (Å²) in [7, 11) is 0. The number of amides is 4. The Morgan fingerprint density at radius 1 is 0.508 bits per heavy atom. The zero-order chi connectivity index (χ0) is 44.5. The number of aromatic nitrogens is 1. The topological polar surface area (TPSA) is 131 Å². The summed E-state index contributed by atoms with van der Waals surface area (Å²) in [5, 5.41) is 6.14. The van der Waals surface area contributed by atoms with E-state index in [0.29, 0.717) is 47.7 Å². The predicted molar refractivity (Wildman–Crippen MR) is 255 cm³/mol. The predicted octanol–water partition coefficient (Wildman–Crippen LogP) is 9.52. The molecular formula is C53H73N7O5. The van der Waals surface area contributed by atoms with Gasteiger partial charge in [-0.15, -0.1) is 0 Å². The maximum atomic E-state index is 14.0. The minimum Gasteiger partial charge on any atom is -0.436 e. The molecule has 0 spiro atoms. The van der Waals surface area contributed by atoms with Gasteiger partial charge < -0.3 is 24.9 Å². The number of rotatable bonds is 14. The van der Waals surface area contributed by atoms with Crippen LogP contribution < -0.4 is 10.6 Å². The van der Waals surface area contributed by atoms with Crippen LogP contribution in [-0.2, 0) is 19.2 Å². The van der Waals surface area contributed by atoms with Gasteiger partial charge in [-0.3, -0.25) is 29.0 Å². The van der Waals surface area contributed by atoms with Gasteiger partial charge in [-0.1, -0.05) is 51.4 Å². The summed E-state index contributed by atoms with van der Waals surface area (Å²) in [6.07, 6.45) is 25.4. The molecule has 4 atom stereocenters. The molecule has 4 saturated heterocycles. The molecule has 4 amide bonds. The molecule has 5 heterocycles. The van der Waals surface area contributed by atoms with Gasteiger partial charge in [-0.2, -0.15) is 0 Å². The molecule has 2 unspecified atom stereocenters. The van der Waals surface area contributed by atoms with Crippen LogP contribution in [0.25, 0.3) is 22.8 Å². The monoisotopic (exact) mass is 888 g/mol. The second-order valence-electron chi connectivity index (χ2n) is 20.4. The lowest BCUT2D eigenvalue weighted by atomic mass is 9.87.